The van der Waals surface area contributed by atoms with E-state index in [9.17, 15) is 0 Å². The first-order chi connectivity index (χ1) is 9.50. The Kier molecular flexibility index (Phi) is 5.24. The second-order valence-electron chi connectivity index (χ2n) is 5.18. The van der Waals surface area contributed by atoms with Gasteiger partial charge < -0.3 is 5.32 Å². The molecular formula is C14H19N2O3V-. The van der Waals surface area contributed by atoms with Crippen LogP contribution >= 0.6 is 0 Å². The van der Waals surface area contributed by atoms with Crippen molar-refractivity contribution in [3.8, 4) is 0 Å². The summed E-state index contributed by atoms with van der Waals surface area (Å²) in [7, 11) is 0. The summed E-state index contributed by atoms with van der Waals surface area (Å²) in [6.45, 7) is 5.33. The van der Waals surface area contributed by atoms with Crippen molar-refractivity contribution in [2.75, 3.05) is 6.54 Å². The van der Waals surface area contributed by atoms with Crippen LogP contribution in [0.25, 0.3) is 5.32 Å². The molecule has 3 unspecified atom stereocenters. The standard InChI is InChI=1S/C14H17N2.2H2O.O.V/c1-9-5-7-15-13-11(9)3-4-12-10(2)6-8-16-14(12)13;;;;/h3-5,8,10-11,13H,6-7H2,1-2H3;2*1H2;;/q-1;;;;+2/p-2. The van der Waals surface area contributed by atoms with E-state index in [-0.39, 0.29) is 6.04 Å². The van der Waals surface area contributed by atoms with Crippen LogP contribution in [0.2, 0.25) is 0 Å². The van der Waals surface area contributed by atoms with Crippen LogP contribution in [0.4, 0.5) is 0 Å². The maximum absolute atomic E-state index is 8.78. The van der Waals surface area contributed by atoms with Crippen molar-refractivity contribution in [1.29, 1.82) is 0 Å². The fourth-order valence-corrected chi connectivity index (χ4v) is 2.79. The molecule has 0 amide bonds. The minimum atomic E-state index is -3.44. The third-order valence-corrected chi connectivity index (χ3v) is 3.86. The molecule has 109 valence electrons. The molecule has 3 atom stereocenters. The second-order valence-corrected chi connectivity index (χ2v) is 5.97. The molecule has 0 aromatic rings. The third kappa shape index (κ3) is 3.42. The van der Waals surface area contributed by atoms with E-state index in [0.29, 0.717) is 11.8 Å². The second kappa shape index (κ2) is 6.74. The van der Waals surface area contributed by atoms with E-state index in [1.165, 1.54) is 16.8 Å². The van der Waals surface area contributed by atoms with E-state index in [1.54, 1.807) is 0 Å². The number of rotatable bonds is 0. The van der Waals surface area contributed by atoms with Gasteiger partial charge in [0.2, 0.25) is 0 Å². The molecule has 2 aliphatic heterocycles. The van der Waals surface area contributed by atoms with Crippen LogP contribution in [0.5, 0.6) is 0 Å². The molecule has 6 heteroatoms. The Morgan fingerprint density at radius 2 is 2.15 bits per heavy atom. The summed E-state index contributed by atoms with van der Waals surface area (Å²) >= 11 is -3.44. The quantitative estimate of drug-likeness (QED) is 0.671. The zero-order valence-electron chi connectivity index (χ0n) is 11.6. The van der Waals surface area contributed by atoms with Crippen molar-refractivity contribution in [2.24, 2.45) is 16.8 Å². The first-order valence-corrected chi connectivity index (χ1v) is 8.45. The zero-order chi connectivity index (χ0) is 14.7. The van der Waals surface area contributed by atoms with Gasteiger partial charge in [-0.25, -0.2) is 0 Å². The van der Waals surface area contributed by atoms with Crippen LogP contribution < -0.4 is 0 Å². The SMILES string of the molecule is CC1=CC[N-]C2C3=C(C=CC12)C(C)CC=N3.[O]=[V]([OH])[OH]. The van der Waals surface area contributed by atoms with Gasteiger partial charge in [0.05, 0.1) is 0 Å². The normalized spacial score (nSPS) is 30.8. The molecule has 2 heterocycles. The topological polar surface area (TPSA) is 84.0 Å². The van der Waals surface area contributed by atoms with Crippen LogP contribution in [0.15, 0.2) is 40.1 Å². The first-order valence-electron chi connectivity index (χ1n) is 6.63. The molecule has 0 fully saturated rings. The Hall–Kier alpha value is -0.846. The van der Waals surface area contributed by atoms with E-state index < -0.39 is 15.8 Å². The number of aliphatic imine (C=N–C) groups is 1. The molecule has 0 radical (unpaired) electrons. The average Bonchev–Trinajstić information content (AvgIpc) is 2.39. The van der Waals surface area contributed by atoms with Crippen LogP contribution in [0, 0.1) is 11.8 Å². The van der Waals surface area contributed by atoms with E-state index in [1.807, 2.05) is 0 Å². The number of hydrogen-bond acceptors (Lipinski definition) is 2. The molecule has 0 aromatic carbocycles. The predicted octanol–water partition coefficient (Wildman–Crippen LogP) is 2.00. The number of nitrogens with zero attached hydrogens (tertiary/aromatic N) is 2. The van der Waals surface area contributed by atoms with E-state index in [0.717, 1.165) is 13.0 Å². The third-order valence-electron chi connectivity index (χ3n) is 3.86. The zero-order valence-corrected chi connectivity index (χ0v) is 13.0. The minimum absolute atomic E-state index is 0.281. The van der Waals surface area contributed by atoms with Gasteiger partial charge in [0.15, 0.2) is 0 Å². The summed E-state index contributed by atoms with van der Waals surface area (Å²) in [4.78, 5) is 4.60. The summed E-state index contributed by atoms with van der Waals surface area (Å²) in [5.41, 5.74) is 4.07. The van der Waals surface area contributed by atoms with Crippen molar-refractivity contribution in [1.82, 2.24) is 0 Å². The summed E-state index contributed by atoms with van der Waals surface area (Å²) in [5, 5.41) is 4.72. The Labute approximate surface area is 124 Å². The number of fused-ring (bicyclic) bond motifs is 2. The number of allylic oxidation sites excluding steroid dienone is 2. The Balaban J connectivity index is 0.000000328. The van der Waals surface area contributed by atoms with Gasteiger partial charge in [0, 0.05) is 11.9 Å². The van der Waals surface area contributed by atoms with Gasteiger partial charge in [0.1, 0.15) is 0 Å². The van der Waals surface area contributed by atoms with Gasteiger partial charge >= 0.3 is 27.5 Å². The Bertz CT molecular complexity index is 519. The van der Waals surface area contributed by atoms with E-state index in [2.05, 4.69) is 43.3 Å². The monoisotopic (exact) mass is 314 g/mol. The van der Waals surface area contributed by atoms with Crippen molar-refractivity contribution in [2.45, 2.75) is 26.3 Å². The molecule has 2 N–H and O–H groups in total. The maximum atomic E-state index is 8.78. The Morgan fingerprint density at radius 1 is 1.45 bits per heavy atom. The molecule has 1 aliphatic carbocycles. The van der Waals surface area contributed by atoms with Crippen molar-refractivity contribution < 1.29 is 27.5 Å². The molecule has 3 aliphatic rings. The van der Waals surface area contributed by atoms with Crippen LogP contribution in [-0.4, -0.2) is 26.9 Å². The van der Waals surface area contributed by atoms with Crippen molar-refractivity contribution in [3.05, 3.63) is 40.4 Å². The molecule has 5 nitrogen and oxygen atoms in total. The summed E-state index contributed by atoms with van der Waals surface area (Å²) in [6, 6.07) is 0.281. The molecule has 0 aromatic heterocycles. The summed E-state index contributed by atoms with van der Waals surface area (Å²) in [5.74, 6) is 1.06. The average molecular weight is 314 g/mol. The molecule has 0 bridgehead atoms. The van der Waals surface area contributed by atoms with Crippen LogP contribution in [0.3, 0.4) is 0 Å². The van der Waals surface area contributed by atoms with Crippen molar-refractivity contribution >= 4 is 6.21 Å². The fourth-order valence-electron chi connectivity index (χ4n) is 2.79. The van der Waals surface area contributed by atoms with Gasteiger partial charge in [0.25, 0.3) is 0 Å². The van der Waals surface area contributed by atoms with Gasteiger partial charge in [-0.3, -0.25) is 4.99 Å². The first kappa shape index (κ1) is 15.5. The fraction of sp³-hybridized carbons (Fsp3) is 0.500. The predicted molar refractivity (Wildman–Crippen MR) is 72.8 cm³/mol. The van der Waals surface area contributed by atoms with Crippen molar-refractivity contribution in [3.63, 3.8) is 0 Å². The van der Waals surface area contributed by atoms with Crippen LogP contribution in [0.1, 0.15) is 20.3 Å². The molecule has 3 rings (SSSR count). The van der Waals surface area contributed by atoms with Crippen LogP contribution in [-0.2, 0) is 19.5 Å². The van der Waals surface area contributed by atoms with Gasteiger partial charge in [-0.05, 0) is 30.8 Å². The number of hydrogen-bond donors (Lipinski definition) is 2. The molecule has 0 saturated heterocycles. The van der Waals surface area contributed by atoms with E-state index in [4.69, 9.17) is 17.1 Å². The molecular weight excluding hydrogens is 295 g/mol. The van der Waals surface area contributed by atoms with Gasteiger partial charge in [-0.1, -0.05) is 30.7 Å². The van der Waals surface area contributed by atoms with E-state index >= 15 is 0 Å². The Morgan fingerprint density at radius 3 is 2.85 bits per heavy atom. The van der Waals surface area contributed by atoms with Gasteiger partial charge in [-0.15, -0.1) is 12.6 Å². The molecule has 0 saturated carbocycles. The van der Waals surface area contributed by atoms with Gasteiger partial charge in [-0.2, -0.15) is 0 Å². The molecule has 20 heavy (non-hydrogen) atoms. The molecule has 0 spiro atoms. The summed E-state index contributed by atoms with van der Waals surface area (Å²) in [6.07, 6.45) is 9.94. The summed E-state index contributed by atoms with van der Waals surface area (Å²) < 4.78 is 23.2.